The summed E-state index contributed by atoms with van der Waals surface area (Å²) in [7, 11) is 0. The Hall–Kier alpha value is -1.58. The summed E-state index contributed by atoms with van der Waals surface area (Å²) in [6, 6.07) is 0. The third kappa shape index (κ3) is 51.3. The molecule has 284 valence electrons. The standard InChI is InChI=1S/2C22H42O2/c2*1-2-3-4-5-6-7-8-9-10-11-12-13-14-15-16-17-18-19-20-21-22(23)24/h2*9-10H,2-8,11-21H2,1H3,(H,23,24)/b2*10-9-. The largest absolute Gasteiger partial charge is 0.481 e. The summed E-state index contributed by atoms with van der Waals surface area (Å²) in [4.78, 5) is 20.8. The van der Waals surface area contributed by atoms with Gasteiger partial charge in [-0.2, -0.15) is 0 Å². The Morgan fingerprint density at radius 1 is 0.312 bits per heavy atom. The zero-order valence-electron chi connectivity index (χ0n) is 32.5. The lowest BCUT2D eigenvalue weighted by Gasteiger charge is -2.01. The minimum absolute atomic E-state index is 0.340. The van der Waals surface area contributed by atoms with E-state index in [4.69, 9.17) is 10.2 Å². The molecule has 0 fully saturated rings. The highest BCUT2D eigenvalue weighted by Gasteiger charge is 1.98. The SMILES string of the molecule is CCCCCCCC/C=C\CCCCCCCCCCCC(=O)O.CCCCCCCC/C=C\CCCCCCCCCCCC(=O)O. The van der Waals surface area contributed by atoms with E-state index in [1.54, 1.807) is 0 Å². The summed E-state index contributed by atoms with van der Waals surface area (Å²) in [5.74, 6) is -1.31. The summed E-state index contributed by atoms with van der Waals surface area (Å²) in [5, 5.41) is 17.1. The van der Waals surface area contributed by atoms with E-state index in [0.29, 0.717) is 12.8 Å². The summed E-state index contributed by atoms with van der Waals surface area (Å²) < 4.78 is 0. The summed E-state index contributed by atoms with van der Waals surface area (Å²) in [5.41, 5.74) is 0. The summed E-state index contributed by atoms with van der Waals surface area (Å²) in [6.07, 6.45) is 54.2. The van der Waals surface area contributed by atoms with Gasteiger partial charge in [0.1, 0.15) is 0 Å². The van der Waals surface area contributed by atoms with Crippen LogP contribution in [0, 0.1) is 0 Å². The molecule has 0 amide bonds. The summed E-state index contributed by atoms with van der Waals surface area (Å²) >= 11 is 0. The molecule has 0 aliphatic heterocycles. The number of rotatable bonds is 38. The molecular formula is C44H84O4. The Labute approximate surface area is 300 Å². The van der Waals surface area contributed by atoms with Crippen molar-refractivity contribution >= 4 is 11.9 Å². The molecule has 0 rings (SSSR count). The van der Waals surface area contributed by atoms with Crippen LogP contribution in [-0.2, 0) is 9.59 Å². The maximum Gasteiger partial charge on any atom is 0.303 e. The molecule has 0 aliphatic rings. The van der Waals surface area contributed by atoms with Gasteiger partial charge in [0.05, 0.1) is 0 Å². The number of unbranched alkanes of at least 4 members (excludes halogenated alkanes) is 30. The monoisotopic (exact) mass is 677 g/mol. The fourth-order valence-electron chi connectivity index (χ4n) is 6.11. The normalized spacial score (nSPS) is 11.4. The van der Waals surface area contributed by atoms with Crippen molar-refractivity contribution in [2.24, 2.45) is 0 Å². The van der Waals surface area contributed by atoms with Gasteiger partial charge in [-0.1, -0.05) is 192 Å². The first-order valence-corrected chi connectivity index (χ1v) is 21.3. The predicted octanol–water partition coefficient (Wildman–Crippen LogP) is 15.3. The Morgan fingerprint density at radius 2 is 0.500 bits per heavy atom. The molecule has 0 unspecified atom stereocenters. The molecule has 4 nitrogen and oxygen atoms in total. The van der Waals surface area contributed by atoms with Crippen molar-refractivity contribution in [2.45, 2.75) is 245 Å². The molecule has 0 aromatic rings. The van der Waals surface area contributed by atoms with Crippen molar-refractivity contribution in [1.29, 1.82) is 0 Å². The summed E-state index contributed by atoms with van der Waals surface area (Å²) in [6.45, 7) is 4.54. The van der Waals surface area contributed by atoms with Crippen LogP contribution in [0.15, 0.2) is 24.3 Å². The van der Waals surface area contributed by atoms with E-state index < -0.39 is 11.9 Å². The van der Waals surface area contributed by atoms with Gasteiger partial charge >= 0.3 is 11.9 Å². The van der Waals surface area contributed by atoms with E-state index in [-0.39, 0.29) is 0 Å². The number of hydrogen-bond acceptors (Lipinski definition) is 2. The van der Waals surface area contributed by atoms with Crippen LogP contribution in [-0.4, -0.2) is 22.2 Å². The zero-order valence-corrected chi connectivity index (χ0v) is 32.5. The van der Waals surface area contributed by atoms with E-state index in [1.807, 2.05) is 0 Å². The zero-order chi connectivity index (χ0) is 35.4. The van der Waals surface area contributed by atoms with E-state index >= 15 is 0 Å². The van der Waals surface area contributed by atoms with Crippen LogP contribution >= 0.6 is 0 Å². The number of carbonyl (C=O) groups is 2. The second-order valence-corrected chi connectivity index (χ2v) is 14.3. The van der Waals surface area contributed by atoms with Crippen molar-refractivity contribution in [1.82, 2.24) is 0 Å². The van der Waals surface area contributed by atoms with Crippen LogP contribution in [0.3, 0.4) is 0 Å². The van der Waals surface area contributed by atoms with Gasteiger partial charge < -0.3 is 10.2 Å². The molecule has 0 aliphatic carbocycles. The Balaban J connectivity index is 0. The minimum atomic E-state index is -0.656. The molecule has 0 heterocycles. The third-order valence-electron chi connectivity index (χ3n) is 9.30. The second-order valence-electron chi connectivity index (χ2n) is 14.3. The second kappa shape index (κ2) is 45.4. The lowest BCUT2D eigenvalue weighted by atomic mass is 10.1. The number of aliphatic carboxylic acids is 2. The average molecular weight is 677 g/mol. The number of carboxylic acid groups (broad SMARTS) is 2. The molecule has 4 heteroatoms. The number of carboxylic acids is 2. The third-order valence-corrected chi connectivity index (χ3v) is 9.30. The molecule has 0 spiro atoms. The molecule has 0 atom stereocenters. The highest BCUT2D eigenvalue weighted by Crippen LogP contribution is 2.14. The first-order chi connectivity index (χ1) is 23.5. The topological polar surface area (TPSA) is 74.6 Å². The van der Waals surface area contributed by atoms with Gasteiger partial charge in [0.2, 0.25) is 0 Å². The Morgan fingerprint density at radius 3 is 0.708 bits per heavy atom. The van der Waals surface area contributed by atoms with Gasteiger partial charge in [-0.05, 0) is 64.2 Å². The van der Waals surface area contributed by atoms with Crippen molar-refractivity contribution < 1.29 is 19.8 Å². The van der Waals surface area contributed by atoms with Gasteiger partial charge in [0.15, 0.2) is 0 Å². The van der Waals surface area contributed by atoms with Crippen LogP contribution in [0.2, 0.25) is 0 Å². The van der Waals surface area contributed by atoms with Gasteiger partial charge in [0, 0.05) is 12.8 Å². The van der Waals surface area contributed by atoms with Crippen LogP contribution in [0.25, 0.3) is 0 Å². The molecule has 0 saturated heterocycles. The fourth-order valence-corrected chi connectivity index (χ4v) is 6.11. The van der Waals surface area contributed by atoms with Crippen molar-refractivity contribution in [2.75, 3.05) is 0 Å². The molecular weight excluding hydrogens is 592 g/mol. The Kier molecular flexibility index (Phi) is 45.9. The number of hydrogen-bond donors (Lipinski definition) is 2. The molecule has 0 aromatic heterocycles. The average Bonchev–Trinajstić information content (AvgIpc) is 3.07. The van der Waals surface area contributed by atoms with E-state index in [1.165, 1.54) is 193 Å². The van der Waals surface area contributed by atoms with Gasteiger partial charge in [0.25, 0.3) is 0 Å². The van der Waals surface area contributed by atoms with Crippen LogP contribution in [0.5, 0.6) is 0 Å². The van der Waals surface area contributed by atoms with E-state index in [2.05, 4.69) is 38.2 Å². The van der Waals surface area contributed by atoms with Gasteiger partial charge in [-0.25, -0.2) is 0 Å². The lowest BCUT2D eigenvalue weighted by molar-refractivity contribution is -0.138. The molecule has 2 N–H and O–H groups in total. The number of allylic oxidation sites excluding steroid dienone is 4. The first-order valence-electron chi connectivity index (χ1n) is 21.3. The molecule has 0 radical (unpaired) electrons. The van der Waals surface area contributed by atoms with Gasteiger partial charge in [-0.3, -0.25) is 9.59 Å². The van der Waals surface area contributed by atoms with Crippen molar-refractivity contribution in [3.8, 4) is 0 Å². The first kappa shape index (κ1) is 48.5. The molecule has 0 aromatic carbocycles. The maximum atomic E-state index is 10.4. The van der Waals surface area contributed by atoms with Crippen molar-refractivity contribution in [3.63, 3.8) is 0 Å². The molecule has 0 saturated carbocycles. The van der Waals surface area contributed by atoms with Crippen LogP contribution in [0.1, 0.15) is 245 Å². The van der Waals surface area contributed by atoms with Crippen LogP contribution < -0.4 is 0 Å². The van der Waals surface area contributed by atoms with Crippen molar-refractivity contribution in [3.05, 3.63) is 24.3 Å². The smallest absolute Gasteiger partial charge is 0.303 e. The van der Waals surface area contributed by atoms with Crippen LogP contribution in [0.4, 0.5) is 0 Å². The van der Waals surface area contributed by atoms with E-state index in [0.717, 1.165) is 25.7 Å². The Bertz CT molecular complexity index is 625. The lowest BCUT2D eigenvalue weighted by Crippen LogP contribution is -1.93. The quantitative estimate of drug-likeness (QED) is 0.0504. The maximum absolute atomic E-state index is 10.4. The fraction of sp³-hybridized carbons (Fsp3) is 0.864. The predicted molar refractivity (Wildman–Crippen MR) is 211 cm³/mol. The van der Waals surface area contributed by atoms with Gasteiger partial charge in [-0.15, -0.1) is 0 Å². The minimum Gasteiger partial charge on any atom is -0.481 e. The highest BCUT2D eigenvalue weighted by molar-refractivity contribution is 5.66. The molecule has 48 heavy (non-hydrogen) atoms. The van der Waals surface area contributed by atoms with E-state index in [9.17, 15) is 9.59 Å². The highest BCUT2D eigenvalue weighted by atomic mass is 16.4. The molecule has 0 bridgehead atoms.